The highest BCUT2D eigenvalue weighted by molar-refractivity contribution is 7.15. The van der Waals surface area contributed by atoms with Crippen LogP contribution in [0.5, 0.6) is 5.75 Å². The van der Waals surface area contributed by atoms with Gasteiger partial charge in [-0.2, -0.15) is 19.7 Å². The normalized spacial score (nSPS) is 11.9. The Morgan fingerprint density at radius 2 is 1.88 bits per heavy atom. The van der Waals surface area contributed by atoms with Crippen molar-refractivity contribution in [1.82, 2.24) is 24.4 Å². The van der Waals surface area contributed by atoms with E-state index in [4.69, 9.17) is 4.74 Å². The molecule has 0 unspecified atom stereocenters. The number of rotatable bonds is 4. The van der Waals surface area contributed by atoms with Crippen LogP contribution in [0.25, 0.3) is 28.0 Å². The second-order valence-corrected chi connectivity index (χ2v) is 8.18. The van der Waals surface area contributed by atoms with Gasteiger partial charge in [0.25, 0.3) is 11.1 Å². The first-order valence-electron chi connectivity index (χ1n) is 9.86. The van der Waals surface area contributed by atoms with Crippen LogP contribution in [0.15, 0.2) is 64.3 Å². The van der Waals surface area contributed by atoms with Gasteiger partial charge in [0.05, 0.1) is 17.3 Å². The topological polar surface area (TPSA) is 91.4 Å². The number of halogens is 1. The van der Waals surface area contributed by atoms with Crippen LogP contribution in [-0.2, 0) is 0 Å². The Labute approximate surface area is 189 Å². The molecule has 0 aliphatic heterocycles. The number of methoxy groups -OCH3 is 1. The number of benzene rings is 2. The lowest BCUT2D eigenvalue weighted by molar-refractivity contribution is 0.386. The molecule has 10 heteroatoms. The van der Waals surface area contributed by atoms with Crippen LogP contribution >= 0.6 is 11.3 Å². The van der Waals surface area contributed by atoms with Crippen molar-refractivity contribution in [1.29, 1.82) is 0 Å². The van der Waals surface area contributed by atoms with E-state index in [0.717, 1.165) is 21.5 Å². The molecule has 0 aliphatic carbocycles. The van der Waals surface area contributed by atoms with Gasteiger partial charge >= 0.3 is 0 Å². The molecular formula is C23H16FN5O3S. The number of fused-ring (bicyclic) bond motifs is 1. The summed E-state index contributed by atoms with van der Waals surface area (Å²) in [6, 6.07) is 14.0. The number of para-hydroxylation sites is 1. The number of nitrogens with zero attached hydrogens (tertiary/aromatic N) is 5. The van der Waals surface area contributed by atoms with Crippen molar-refractivity contribution in [2.24, 2.45) is 0 Å². The third-order valence-electron chi connectivity index (χ3n) is 5.02. The summed E-state index contributed by atoms with van der Waals surface area (Å²) in [5, 5.41) is 8.68. The van der Waals surface area contributed by atoms with Gasteiger partial charge < -0.3 is 4.74 Å². The average Bonchev–Trinajstić information content (AvgIpc) is 3.36. The molecule has 0 radical (unpaired) electrons. The highest BCUT2D eigenvalue weighted by Crippen LogP contribution is 2.28. The van der Waals surface area contributed by atoms with Crippen molar-refractivity contribution < 1.29 is 9.13 Å². The fraction of sp³-hybridized carbons (Fsp3) is 0.0870. The number of hydrogen-bond donors (Lipinski definition) is 0. The Hall–Kier alpha value is -4.18. The average molecular weight is 461 g/mol. The summed E-state index contributed by atoms with van der Waals surface area (Å²) < 4.78 is 22.5. The molecule has 0 spiro atoms. The van der Waals surface area contributed by atoms with Gasteiger partial charge in [-0.15, -0.1) is 0 Å². The highest BCUT2D eigenvalue weighted by Gasteiger charge is 2.15. The van der Waals surface area contributed by atoms with Crippen LogP contribution in [0, 0.1) is 12.7 Å². The predicted molar refractivity (Wildman–Crippen MR) is 122 cm³/mol. The Bertz CT molecular complexity index is 1670. The van der Waals surface area contributed by atoms with Gasteiger partial charge in [0.2, 0.25) is 4.96 Å². The number of aryl methyl sites for hydroxylation is 1. The fourth-order valence-corrected chi connectivity index (χ4v) is 4.27. The van der Waals surface area contributed by atoms with Crippen LogP contribution in [-0.4, -0.2) is 31.5 Å². The maximum atomic E-state index is 14.4. The zero-order chi connectivity index (χ0) is 23.1. The van der Waals surface area contributed by atoms with E-state index in [2.05, 4.69) is 15.2 Å². The monoisotopic (exact) mass is 461 g/mol. The second kappa shape index (κ2) is 8.06. The molecule has 33 heavy (non-hydrogen) atoms. The molecule has 0 N–H and O–H groups in total. The van der Waals surface area contributed by atoms with Crippen LogP contribution in [0.1, 0.15) is 11.3 Å². The molecule has 3 heterocycles. The van der Waals surface area contributed by atoms with E-state index in [-0.39, 0.29) is 16.4 Å². The molecular weight excluding hydrogens is 445 g/mol. The molecule has 0 saturated carbocycles. The minimum atomic E-state index is -0.524. The molecule has 0 amide bonds. The zero-order valence-electron chi connectivity index (χ0n) is 17.5. The first-order chi connectivity index (χ1) is 15.9. The van der Waals surface area contributed by atoms with E-state index in [0.29, 0.717) is 21.4 Å². The Morgan fingerprint density at radius 3 is 2.61 bits per heavy atom. The summed E-state index contributed by atoms with van der Waals surface area (Å²) in [5.74, 6) is -0.403. The molecule has 5 aromatic rings. The molecule has 0 saturated heterocycles. The Kier molecular flexibility index (Phi) is 5.06. The van der Waals surface area contributed by atoms with Crippen molar-refractivity contribution in [3.63, 3.8) is 0 Å². The SMILES string of the molecule is COc1ccc(-c2nn(-c3ccccc3)cc2C=c2sc3nc(=O)c(C)nn3c2=O)cc1F. The van der Waals surface area contributed by atoms with E-state index >= 15 is 0 Å². The summed E-state index contributed by atoms with van der Waals surface area (Å²) in [6.45, 7) is 1.50. The number of thiazole rings is 1. The van der Waals surface area contributed by atoms with Crippen molar-refractivity contribution in [3.8, 4) is 22.7 Å². The van der Waals surface area contributed by atoms with Crippen LogP contribution < -0.4 is 20.4 Å². The zero-order valence-corrected chi connectivity index (χ0v) is 18.3. The number of hydrogen-bond acceptors (Lipinski definition) is 7. The van der Waals surface area contributed by atoms with Crippen LogP contribution in [0.2, 0.25) is 0 Å². The molecule has 0 atom stereocenters. The van der Waals surface area contributed by atoms with Gasteiger partial charge in [0, 0.05) is 17.3 Å². The molecule has 0 fully saturated rings. The Balaban J connectivity index is 1.75. The lowest BCUT2D eigenvalue weighted by Gasteiger charge is -2.04. The van der Waals surface area contributed by atoms with Crippen LogP contribution in [0.4, 0.5) is 4.39 Å². The molecule has 3 aromatic heterocycles. The summed E-state index contributed by atoms with van der Waals surface area (Å²) >= 11 is 1.05. The maximum absolute atomic E-state index is 14.4. The smallest absolute Gasteiger partial charge is 0.295 e. The first-order valence-corrected chi connectivity index (χ1v) is 10.7. The molecule has 164 valence electrons. The summed E-state index contributed by atoms with van der Waals surface area (Å²) in [7, 11) is 1.40. The summed E-state index contributed by atoms with van der Waals surface area (Å²) in [4.78, 5) is 28.9. The van der Waals surface area contributed by atoms with Crippen molar-refractivity contribution in [2.75, 3.05) is 7.11 Å². The first kappa shape index (κ1) is 20.7. The number of ether oxygens (including phenoxy) is 1. The van der Waals surface area contributed by atoms with Crippen molar-refractivity contribution in [3.05, 3.63) is 97.0 Å². The molecule has 0 bridgehead atoms. The quantitative estimate of drug-likeness (QED) is 0.408. The minimum absolute atomic E-state index is 0.121. The van der Waals surface area contributed by atoms with Crippen molar-refractivity contribution in [2.45, 2.75) is 6.92 Å². The standard InChI is InChI=1S/C23H16FN5O3S/c1-13-21(30)25-23-29(26-13)22(31)19(33-23)11-15-12-28(16-6-4-3-5-7-16)27-20(15)14-8-9-18(32-2)17(24)10-14/h3-12H,1-2H3. The van der Waals surface area contributed by atoms with Gasteiger partial charge in [-0.05, 0) is 43.3 Å². The number of aromatic nitrogens is 5. The van der Waals surface area contributed by atoms with Crippen molar-refractivity contribution >= 4 is 22.4 Å². The van der Waals surface area contributed by atoms with Gasteiger partial charge in [0.15, 0.2) is 11.6 Å². The van der Waals surface area contributed by atoms with E-state index in [1.807, 2.05) is 30.3 Å². The van der Waals surface area contributed by atoms with Gasteiger partial charge in [-0.1, -0.05) is 29.5 Å². The molecule has 0 aliphatic rings. The third-order valence-corrected chi connectivity index (χ3v) is 5.98. The fourth-order valence-electron chi connectivity index (χ4n) is 3.37. The maximum Gasteiger partial charge on any atom is 0.295 e. The molecule has 2 aromatic carbocycles. The second-order valence-electron chi connectivity index (χ2n) is 7.18. The third kappa shape index (κ3) is 3.70. The van der Waals surface area contributed by atoms with Crippen LogP contribution in [0.3, 0.4) is 0 Å². The Morgan fingerprint density at radius 1 is 1.09 bits per heavy atom. The lowest BCUT2D eigenvalue weighted by atomic mass is 10.1. The highest BCUT2D eigenvalue weighted by atomic mass is 32.1. The molecule has 5 rings (SSSR count). The lowest BCUT2D eigenvalue weighted by Crippen LogP contribution is -2.27. The molecule has 8 nitrogen and oxygen atoms in total. The van der Waals surface area contributed by atoms with Gasteiger partial charge in [-0.3, -0.25) is 9.59 Å². The van der Waals surface area contributed by atoms with E-state index in [1.54, 1.807) is 23.0 Å². The summed E-state index contributed by atoms with van der Waals surface area (Å²) in [6.07, 6.45) is 3.40. The largest absolute Gasteiger partial charge is 0.494 e. The van der Waals surface area contributed by atoms with E-state index in [1.165, 1.54) is 26.2 Å². The minimum Gasteiger partial charge on any atom is -0.494 e. The van der Waals surface area contributed by atoms with Gasteiger partial charge in [-0.25, -0.2) is 9.07 Å². The van der Waals surface area contributed by atoms with E-state index in [9.17, 15) is 14.0 Å². The summed E-state index contributed by atoms with van der Waals surface area (Å²) in [5.41, 5.74) is 1.65. The van der Waals surface area contributed by atoms with E-state index < -0.39 is 16.9 Å². The predicted octanol–water partition coefficient (Wildman–Crippen LogP) is 2.37. The van der Waals surface area contributed by atoms with Gasteiger partial charge in [0.1, 0.15) is 11.4 Å².